The molecule has 5 aromatic carbocycles. The smallest absolute Gasteiger partial charge is 0.247 e. The molecule has 6 atom stereocenters. The fourth-order valence-electron chi connectivity index (χ4n) is 12.0. The van der Waals surface area contributed by atoms with Crippen LogP contribution in [0.3, 0.4) is 0 Å². The van der Waals surface area contributed by atoms with Gasteiger partial charge in [0.25, 0.3) is 0 Å². The summed E-state index contributed by atoms with van der Waals surface area (Å²) >= 11 is 0. The van der Waals surface area contributed by atoms with Crippen LogP contribution in [-0.4, -0.2) is 94.6 Å². The highest BCUT2D eigenvalue weighted by Gasteiger charge is 2.42. The number of benzene rings is 5. The molecular weight excluding hydrogens is 878 g/mol. The molecule has 2 N–H and O–H groups in total. The second kappa shape index (κ2) is 21.7. The number of nitrogens with zero attached hydrogens (tertiary/aromatic N) is 5. The molecule has 0 bridgehead atoms. The molecule has 5 aromatic rings. The Morgan fingerprint density at radius 1 is 0.443 bits per heavy atom. The first kappa shape index (κ1) is 47.3. The quantitative estimate of drug-likeness (QED) is 0.121. The predicted octanol–water partition coefficient (Wildman–Crippen LogP) is 10.2. The average molecular weight is 944 g/mol. The maximum Gasteiger partial charge on any atom is 0.247 e. The summed E-state index contributed by atoms with van der Waals surface area (Å²) in [6.07, 6.45) is 11.1. The van der Waals surface area contributed by atoms with Crippen molar-refractivity contribution in [2.45, 2.75) is 113 Å². The highest BCUT2D eigenvalue weighted by atomic mass is 19.1. The van der Waals surface area contributed by atoms with E-state index in [0.29, 0.717) is 37.3 Å². The van der Waals surface area contributed by atoms with Crippen LogP contribution in [0.15, 0.2) is 133 Å². The Kier molecular flexibility index (Phi) is 14.7. The number of amides is 4. The van der Waals surface area contributed by atoms with E-state index < -0.39 is 24.2 Å². The van der Waals surface area contributed by atoms with Gasteiger partial charge >= 0.3 is 0 Å². The molecule has 5 fully saturated rings. The fraction of sp³-hybridized carbons (Fsp3) is 0.414. The average Bonchev–Trinajstić information content (AvgIpc) is 4.21. The van der Waals surface area contributed by atoms with Crippen molar-refractivity contribution in [3.8, 4) is 0 Å². The summed E-state index contributed by atoms with van der Waals surface area (Å²) in [5.41, 5.74) is 6.34. The van der Waals surface area contributed by atoms with E-state index >= 15 is 0 Å². The molecule has 0 spiro atoms. The van der Waals surface area contributed by atoms with Gasteiger partial charge in [-0.05, 0) is 161 Å². The van der Waals surface area contributed by atoms with E-state index in [1.54, 1.807) is 9.80 Å². The van der Waals surface area contributed by atoms with E-state index in [9.17, 15) is 23.6 Å². The third kappa shape index (κ3) is 10.3. The largest absolute Gasteiger partial charge is 0.357 e. The number of nitrogens with one attached hydrogen (secondary N) is 2. The first-order valence-corrected chi connectivity index (χ1v) is 25.9. The molecule has 4 amide bonds. The van der Waals surface area contributed by atoms with Crippen LogP contribution >= 0.6 is 0 Å². The lowest BCUT2D eigenvalue weighted by atomic mass is 10.00. The van der Waals surface area contributed by atoms with Crippen LogP contribution in [0.4, 0.5) is 21.5 Å². The van der Waals surface area contributed by atoms with Crippen molar-refractivity contribution in [3.05, 3.63) is 162 Å². The minimum absolute atomic E-state index is 0.00146. The topological polar surface area (TPSA) is 109 Å². The molecule has 0 aromatic heterocycles. The van der Waals surface area contributed by atoms with Crippen LogP contribution < -0.4 is 15.5 Å². The van der Waals surface area contributed by atoms with E-state index in [0.717, 1.165) is 105 Å². The SMILES string of the molecule is O=C(Nc1ccc([C@@H]2CC[C@@H](c3ccc(NC(=O)[C@@H]4CCCN4C(=O)[C@@H](c4ccccc4)N4CCCCC4)cc3)N2c2ccc(F)cc2)cc1)[C@@H]1CCCN1C(=O)[C@@H](c1ccccc1)N1CCCCC1. The van der Waals surface area contributed by atoms with Gasteiger partial charge in [-0.25, -0.2) is 4.39 Å². The Balaban J connectivity index is 0.809. The van der Waals surface area contributed by atoms with Crippen LogP contribution in [0.25, 0.3) is 0 Å². The summed E-state index contributed by atoms with van der Waals surface area (Å²) in [6, 6.07) is 40.7. The summed E-state index contributed by atoms with van der Waals surface area (Å²) in [7, 11) is 0. The van der Waals surface area contributed by atoms with Gasteiger partial charge in [0.2, 0.25) is 23.6 Å². The Hall–Kier alpha value is -6.37. The fourth-order valence-corrected chi connectivity index (χ4v) is 12.0. The van der Waals surface area contributed by atoms with Crippen LogP contribution in [0.5, 0.6) is 0 Å². The maximum atomic E-state index is 14.4. The molecule has 5 aliphatic rings. The zero-order valence-corrected chi connectivity index (χ0v) is 40.1. The molecular formula is C58H66FN7O4. The van der Waals surface area contributed by atoms with Crippen molar-refractivity contribution in [1.29, 1.82) is 0 Å². The van der Waals surface area contributed by atoms with Gasteiger partial charge in [0.1, 0.15) is 30.0 Å². The highest BCUT2D eigenvalue weighted by Crippen LogP contribution is 2.47. The second-order valence-electron chi connectivity index (χ2n) is 19.9. The molecule has 0 unspecified atom stereocenters. The van der Waals surface area contributed by atoms with Gasteiger partial charge in [-0.15, -0.1) is 0 Å². The molecule has 70 heavy (non-hydrogen) atoms. The molecule has 11 nitrogen and oxygen atoms in total. The van der Waals surface area contributed by atoms with E-state index in [1.165, 1.54) is 25.0 Å². The van der Waals surface area contributed by atoms with Crippen LogP contribution in [0, 0.1) is 5.82 Å². The Morgan fingerprint density at radius 3 is 1.24 bits per heavy atom. The lowest BCUT2D eigenvalue weighted by Gasteiger charge is -2.37. The van der Waals surface area contributed by atoms with E-state index in [-0.39, 0.29) is 41.5 Å². The van der Waals surface area contributed by atoms with Crippen LogP contribution in [0.2, 0.25) is 0 Å². The highest BCUT2D eigenvalue weighted by molar-refractivity contribution is 5.99. The number of carbonyl (C=O) groups excluding carboxylic acids is 4. The number of likely N-dealkylation sites (tertiary alicyclic amines) is 4. The van der Waals surface area contributed by atoms with Gasteiger partial charge < -0.3 is 25.3 Å². The number of halogens is 1. The van der Waals surface area contributed by atoms with Crippen molar-refractivity contribution in [2.75, 3.05) is 54.8 Å². The molecule has 10 rings (SSSR count). The van der Waals surface area contributed by atoms with Gasteiger partial charge in [0.05, 0.1) is 12.1 Å². The third-order valence-electron chi connectivity index (χ3n) is 15.5. The number of carbonyl (C=O) groups is 4. The molecule has 12 heteroatoms. The van der Waals surface area contributed by atoms with Crippen molar-refractivity contribution in [1.82, 2.24) is 19.6 Å². The number of rotatable bonds is 13. The molecule has 5 heterocycles. The minimum Gasteiger partial charge on any atom is -0.357 e. The van der Waals surface area contributed by atoms with Crippen molar-refractivity contribution >= 4 is 40.7 Å². The van der Waals surface area contributed by atoms with Gasteiger partial charge in [-0.2, -0.15) is 0 Å². The van der Waals surface area contributed by atoms with Crippen molar-refractivity contribution < 1.29 is 23.6 Å². The maximum absolute atomic E-state index is 14.4. The first-order chi connectivity index (χ1) is 34.3. The Labute approximate surface area is 412 Å². The summed E-state index contributed by atoms with van der Waals surface area (Å²) in [6.45, 7) is 4.60. The van der Waals surface area contributed by atoms with Crippen LogP contribution in [-0.2, 0) is 19.2 Å². The summed E-state index contributed by atoms with van der Waals surface area (Å²) < 4.78 is 14.3. The van der Waals surface area contributed by atoms with E-state index in [4.69, 9.17) is 0 Å². The van der Waals surface area contributed by atoms with Gasteiger partial charge in [0.15, 0.2) is 0 Å². The zero-order chi connectivity index (χ0) is 48.0. The lowest BCUT2D eigenvalue weighted by Crippen LogP contribution is -2.49. The summed E-state index contributed by atoms with van der Waals surface area (Å²) in [4.78, 5) is 67.3. The number of piperidine rings is 2. The standard InChI is InChI=1S/C58H66FN7O4/c59-45-25-31-48(32-26-45)66-49(41-21-27-46(28-22-41)60-55(67)51-19-13-39-64(51)57(69)53(43-15-5-1-6-16-43)62-35-9-3-10-36-62)33-34-50(66)42-23-29-47(30-24-42)61-56(68)52-20-14-40-65(52)58(70)54(44-17-7-2-8-18-44)63-37-11-4-12-38-63/h1-2,5-8,15-18,21-32,49-54H,3-4,9-14,19-20,33-40H2,(H,60,67)(H,61,68)/t49-,50-,51-,52-,53+,54+/m0/s1. The molecule has 364 valence electrons. The molecule has 0 radical (unpaired) electrons. The Bertz CT molecular complexity index is 2410. The van der Waals surface area contributed by atoms with E-state index in [1.807, 2.05) is 97.1 Å². The summed E-state index contributed by atoms with van der Waals surface area (Å²) in [5, 5.41) is 6.29. The summed E-state index contributed by atoms with van der Waals surface area (Å²) in [5.74, 6) is -0.638. The zero-order valence-electron chi connectivity index (χ0n) is 40.1. The molecule has 5 saturated heterocycles. The Morgan fingerprint density at radius 2 is 0.843 bits per heavy atom. The monoisotopic (exact) mass is 944 g/mol. The first-order valence-electron chi connectivity index (χ1n) is 25.9. The van der Waals surface area contributed by atoms with Gasteiger partial charge in [0, 0.05) is 30.2 Å². The normalized spacial score (nSPS) is 23.0. The number of anilines is 3. The van der Waals surface area contributed by atoms with Crippen molar-refractivity contribution in [2.24, 2.45) is 0 Å². The molecule has 0 saturated carbocycles. The number of hydrogen-bond donors (Lipinski definition) is 2. The van der Waals surface area contributed by atoms with Crippen LogP contribution in [0.1, 0.15) is 123 Å². The lowest BCUT2D eigenvalue weighted by molar-refractivity contribution is -0.142. The van der Waals surface area contributed by atoms with Gasteiger partial charge in [-0.3, -0.25) is 29.0 Å². The van der Waals surface area contributed by atoms with E-state index in [2.05, 4.69) is 49.6 Å². The predicted molar refractivity (Wildman–Crippen MR) is 272 cm³/mol. The number of hydrogen-bond acceptors (Lipinski definition) is 7. The second-order valence-corrected chi connectivity index (χ2v) is 19.9. The van der Waals surface area contributed by atoms with Gasteiger partial charge in [-0.1, -0.05) is 97.8 Å². The molecule has 0 aliphatic carbocycles. The minimum atomic E-state index is -0.545. The molecule has 5 aliphatic heterocycles. The van der Waals surface area contributed by atoms with Crippen molar-refractivity contribution in [3.63, 3.8) is 0 Å². The third-order valence-corrected chi connectivity index (χ3v) is 15.5.